The Balaban J connectivity index is 1.43. The first-order valence-corrected chi connectivity index (χ1v) is 11.4. The highest BCUT2D eigenvalue weighted by Crippen LogP contribution is 2.29. The monoisotopic (exact) mass is 476 g/mol. The van der Waals surface area contributed by atoms with Gasteiger partial charge in [0.2, 0.25) is 0 Å². The summed E-state index contributed by atoms with van der Waals surface area (Å²) in [4.78, 5) is 0. The maximum Gasteiger partial charge on any atom is 0.184 e. The minimum absolute atomic E-state index is 0.00514. The topological polar surface area (TPSA) is 127 Å². The van der Waals surface area contributed by atoms with Gasteiger partial charge in [-0.05, 0) is 11.1 Å². The molecule has 9 heteroatoms. The second-order valence-electron chi connectivity index (χ2n) is 8.58. The molecule has 0 amide bonds. The van der Waals surface area contributed by atoms with Crippen LogP contribution in [0.15, 0.2) is 60.7 Å². The summed E-state index contributed by atoms with van der Waals surface area (Å²) < 4.78 is 28.6. The number of benzene rings is 2. The first-order chi connectivity index (χ1) is 16.5. The summed E-state index contributed by atoms with van der Waals surface area (Å²) in [6, 6.07) is 18.9. The van der Waals surface area contributed by atoms with E-state index in [-0.39, 0.29) is 26.2 Å². The van der Waals surface area contributed by atoms with Gasteiger partial charge in [-0.25, -0.2) is 0 Å². The molecule has 4 N–H and O–H groups in total. The SMILES string of the molecule is OC1C[C@H](O)CO[C@H]1O[C@@H]1C(OCc2ccccc2)[C@H](O)OC(COCc2ccccc2)[C@@H]1O. The van der Waals surface area contributed by atoms with Gasteiger partial charge in [0.1, 0.15) is 30.5 Å². The highest BCUT2D eigenvalue weighted by molar-refractivity contribution is 5.14. The van der Waals surface area contributed by atoms with Crippen molar-refractivity contribution in [2.45, 2.75) is 68.8 Å². The molecule has 4 rings (SSSR count). The van der Waals surface area contributed by atoms with Gasteiger partial charge in [-0.15, -0.1) is 0 Å². The summed E-state index contributed by atoms with van der Waals surface area (Å²) in [6.07, 6.45) is -8.59. The molecule has 2 aromatic rings. The van der Waals surface area contributed by atoms with Crippen LogP contribution in [-0.2, 0) is 36.9 Å². The van der Waals surface area contributed by atoms with Gasteiger partial charge in [0.25, 0.3) is 0 Å². The van der Waals surface area contributed by atoms with E-state index < -0.39 is 49.2 Å². The molecule has 0 radical (unpaired) electrons. The van der Waals surface area contributed by atoms with Crippen LogP contribution in [-0.4, -0.2) is 82.8 Å². The van der Waals surface area contributed by atoms with E-state index in [1.807, 2.05) is 60.7 Å². The molecule has 3 unspecified atom stereocenters. The number of hydrogen-bond acceptors (Lipinski definition) is 9. The zero-order valence-corrected chi connectivity index (χ0v) is 18.8. The van der Waals surface area contributed by atoms with Crippen molar-refractivity contribution in [1.29, 1.82) is 0 Å². The molecular formula is C25H32O9. The van der Waals surface area contributed by atoms with Gasteiger partial charge in [-0.2, -0.15) is 0 Å². The molecule has 8 atom stereocenters. The maximum atomic E-state index is 11.1. The number of aliphatic hydroxyl groups is 4. The largest absolute Gasteiger partial charge is 0.391 e. The van der Waals surface area contributed by atoms with E-state index >= 15 is 0 Å². The highest BCUT2D eigenvalue weighted by Gasteiger charge is 2.48. The first kappa shape index (κ1) is 25.2. The number of hydrogen-bond donors (Lipinski definition) is 4. The quantitative estimate of drug-likeness (QED) is 0.414. The number of ether oxygens (including phenoxy) is 5. The van der Waals surface area contributed by atoms with Crippen molar-refractivity contribution in [2.75, 3.05) is 13.2 Å². The number of aliphatic hydroxyl groups excluding tert-OH is 4. The van der Waals surface area contributed by atoms with Crippen LogP contribution >= 0.6 is 0 Å². The van der Waals surface area contributed by atoms with E-state index in [1.165, 1.54) is 0 Å². The minimum atomic E-state index is -1.41. The van der Waals surface area contributed by atoms with E-state index in [0.717, 1.165) is 11.1 Å². The molecule has 34 heavy (non-hydrogen) atoms. The summed E-state index contributed by atoms with van der Waals surface area (Å²) in [6.45, 7) is 0.458. The van der Waals surface area contributed by atoms with Gasteiger partial charge >= 0.3 is 0 Å². The van der Waals surface area contributed by atoms with Crippen molar-refractivity contribution in [3.8, 4) is 0 Å². The van der Waals surface area contributed by atoms with Crippen molar-refractivity contribution in [3.05, 3.63) is 71.8 Å². The van der Waals surface area contributed by atoms with E-state index in [9.17, 15) is 20.4 Å². The van der Waals surface area contributed by atoms with Crippen LogP contribution in [0.5, 0.6) is 0 Å². The summed E-state index contributed by atoms with van der Waals surface area (Å²) in [5.74, 6) is 0. The highest BCUT2D eigenvalue weighted by atomic mass is 16.7. The van der Waals surface area contributed by atoms with E-state index in [1.54, 1.807) is 0 Å². The van der Waals surface area contributed by atoms with Gasteiger partial charge in [0, 0.05) is 6.42 Å². The van der Waals surface area contributed by atoms with Gasteiger partial charge in [0.05, 0.1) is 32.5 Å². The molecule has 0 bridgehead atoms. The fourth-order valence-corrected chi connectivity index (χ4v) is 4.07. The molecule has 2 fully saturated rings. The third-order valence-corrected chi connectivity index (χ3v) is 5.89. The Morgan fingerprint density at radius 3 is 2.12 bits per heavy atom. The average Bonchev–Trinajstić information content (AvgIpc) is 2.84. The van der Waals surface area contributed by atoms with Gasteiger partial charge in [0.15, 0.2) is 12.6 Å². The lowest BCUT2D eigenvalue weighted by atomic mass is 9.98. The Labute approximate surface area is 198 Å². The third-order valence-electron chi connectivity index (χ3n) is 5.89. The third kappa shape index (κ3) is 6.60. The average molecular weight is 477 g/mol. The van der Waals surface area contributed by atoms with Crippen LogP contribution in [0.1, 0.15) is 17.5 Å². The Kier molecular flexibility index (Phi) is 9.01. The van der Waals surface area contributed by atoms with Crippen molar-refractivity contribution in [3.63, 3.8) is 0 Å². The lowest BCUT2D eigenvalue weighted by molar-refractivity contribution is -0.343. The summed E-state index contributed by atoms with van der Waals surface area (Å²) in [7, 11) is 0. The van der Waals surface area contributed by atoms with Gasteiger partial charge in [-0.3, -0.25) is 0 Å². The van der Waals surface area contributed by atoms with E-state index in [4.69, 9.17) is 23.7 Å². The predicted molar refractivity (Wildman–Crippen MR) is 119 cm³/mol. The first-order valence-electron chi connectivity index (χ1n) is 11.4. The Morgan fingerprint density at radius 1 is 0.824 bits per heavy atom. The predicted octanol–water partition coefficient (Wildman–Crippen LogP) is 0.720. The van der Waals surface area contributed by atoms with Crippen molar-refractivity contribution < 1.29 is 44.1 Å². The van der Waals surface area contributed by atoms with E-state index in [0.29, 0.717) is 6.61 Å². The molecule has 2 saturated heterocycles. The summed E-state index contributed by atoms with van der Waals surface area (Å²) in [5, 5.41) is 41.8. The number of rotatable bonds is 9. The maximum absolute atomic E-state index is 11.1. The second kappa shape index (κ2) is 12.2. The molecule has 0 aromatic heterocycles. The molecule has 186 valence electrons. The van der Waals surface area contributed by atoms with Crippen LogP contribution in [0.4, 0.5) is 0 Å². The Hall–Kier alpha value is -1.92. The van der Waals surface area contributed by atoms with Crippen molar-refractivity contribution in [2.24, 2.45) is 0 Å². The van der Waals surface area contributed by atoms with Crippen LogP contribution in [0, 0.1) is 0 Å². The van der Waals surface area contributed by atoms with Crippen LogP contribution < -0.4 is 0 Å². The molecule has 0 spiro atoms. The zero-order valence-electron chi connectivity index (χ0n) is 18.8. The van der Waals surface area contributed by atoms with E-state index in [2.05, 4.69) is 0 Å². The molecule has 2 heterocycles. The van der Waals surface area contributed by atoms with Crippen LogP contribution in [0.2, 0.25) is 0 Å². The van der Waals surface area contributed by atoms with Gasteiger partial charge in [-0.1, -0.05) is 60.7 Å². The lowest BCUT2D eigenvalue weighted by Crippen LogP contribution is -2.62. The normalized spacial score (nSPS) is 34.1. The molecule has 0 saturated carbocycles. The summed E-state index contributed by atoms with van der Waals surface area (Å²) in [5.41, 5.74) is 1.83. The fraction of sp³-hybridized carbons (Fsp3) is 0.520. The van der Waals surface area contributed by atoms with Crippen molar-refractivity contribution in [1.82, 2.24) is 0 Å². The summed E-state index contributed by atoms with van der Waals surface area (Å²) >= 11 is 0. The van der Waals surface area contributed by atoms with Crippen LogP contribution in [0.25, 0.3) is 0 Å². The molecular weight excluding hydrogens is 444 g/mol. The molecule has 2 aliphatic rings. The minimum Gasteiger partial charge on any atom is -0.391 e. The Bertz CT molecular complexity index is 852. The smallest absolute Gasteiger partial charge is 0.184 e. The Morgan fingerprint density at radius 2 is 1.47 bits per heavy atom. The molecule has 9 nitrogen and oxygen atoms in total. The molecule has 0 aliphatic carbocycles. The lowest BCUT2D eigenvalue weighted by Gasteiger charge is -2.44. The van der Waals surface area contributed by atoms with Crippen molar-refractivity contribution >= 4 is 0 Å². The molecule has 2 aromatic carbocycles. The zero-order chi connectivity index (χ0) is 23.9. The standard InChI is InChI=1S/C25H32O9/c26-18-11-19(27)25(32-14-18)34-22-21(28)20(15-30-12-16-7-3-1-4-8-16)33-24(29)23(22)31-13-17-9-5-2-6-10-17/h1-10,18-29H,11-15H2/t18-,19?,20?,21-,22-,23?,24+,25-/m0/s1. The van der Waals surface area contributed by atoms with Gasteiger partial charge < -0.3 is 44.1 Å². The van der Waals surface area contributed by atoms with Crippen LogP contribution in [0.3, 0.4) is 0 Å². The fourth-order valence-electron chi connectivity index (χ4n) is 4.07. The molecule has 2 aliphatic heterocycles. The second-order valence-corrected chi connectivity index (χ2v) is 8.58.